The van der Waals surface area contributed by atoms with Gasteiger partial charge in [-0.3, -0.25) is 4.79 Å². The van der Waals surface area contributed by atoms with Crippen molar-refractivity contribution in [3.63, 3.8) is 0 Å². The number of carbonyl (C=O) groups is 3. The van der Waals surface area contributed by atoms with Crippen LogP contribution in [-0.4, -0.2) is 65.9 Å². The number of hydrogen-bond donors (Lipinski definition) is 2. The van der Waals surface area contributed by atoms with Gasteiger partial charge in [0.15, 0.2) is 5.54 Å². The second-order valence-corrected chi connectivity index (χ2v) is 9.76. The van der Waals surface area contributed by atoms with Crippen LogP contribution in [0.15, 0.2) is 48.5 Å². The second kappa shape index (κ2) is 9.70. The normalized spacial score (nSPS) is 19.6. The Hall–Kier alpha value is -3.39. The predicted molar refractivity (Wildman–Crippen MR) is 130 cm³/mol. The van der Waals surface area contributed by atoms with Crippen LogP contribution in [0.1, 0.15) is 50.2 Å². The van der Waals surface area contributed by atoms with E-state index in [4.69, 9.17) is 9.47 Å². The summed E-state index contributed by atoms with van der Waals surface area (Å²) in [7, 11) is 1.42. The minimum atomic E-state index is -1.45. The van der Waals surface area contributed by atoms with Crippen molar-refractivity contribution in [2.24, 2.45) is 0 Å². The Morgan fingerprint density at radius 3 is 2.23 bits per heavy atom. The number of amides is 2. The monoisotopic (exact) mass is 480 g/mol. The average Bonchev–Trinajstić information content (AvgIpc) is 3.16. The molecule has 1 aliphatic carbocycles. The van der Waals surface area contributed by atoms with Gasteiger partial charge in [-0.15, -0.1) is 0 Å². The molecule has 8 nitrogen and oxygen atoms in total. The minimum absolute atomic E-state index is 0.101. The van der Waals surface area contributed by atoms with Gasteiger partial charge in [0.2, 0.25) is 5.91 Å². The number of nitrogens with one attached hydrogen (secondary N) is 1. The van der Waals surface area contributed by atoms with Crippen LogP contribution in [0, 0.1) is 0 Å². The third kappa shape index (κ3) is 4.50. The lowest BCUT2D eigenvalue weighted by Crippen LogP contribution is -2.67. The Balaban J connectivity index is 1.46. The van der Waals surface area contributed by atoms with E-state index in [1.165, 1.54) is 12.0 Å². The number of likely N-dealkylation sites (tertiary alicyclic amines) is 1. The van der Waals surface area contributed by atoms with E-state index in [9.17, 15) is 19.5 Å². The highest BCUT2D eigenvalue weighted by molar-refractivity contribution is 5.94. The molecule has 2 aromatic carbocycles. The number of aliphatic carboxylic acids is 1. The van der Waals surface area contributed by atoms with Gasteiger partial charge in [0.1, 0.15) is 12.1 Å². The quantitative estimate of drug-likeness (QED) is 0.625. The van der Waals surface area contributed by atoms with Gasteiger partial charge in [0, 0.05) is 19.6 Å². The maximum absolute atomic E-state index is 13.5. The summed E-state index contributed by atoms with van der Waals surface area (Å²) >= 11 is 0. The van der Waals surface area contributed by atoms with Gasteiger partial charge in [-0.25, -0.2) is 9.59 Å². The highest BCUT2D eigenvalue weighted by Crippen LogP contribution is 2.44. The third-order valence-electron chi connectivity index (χ3n) is 7.06. The molecule has 0 bridgehead atoms. The number of ether oxygens (including phenoxy) is 2. The molecule has 4 rings (SSSR count). The van der Waals surface area contributed by atoms with Crippen LogP contribution in [0.3, 0.4) is 0 Å². The lowest BCUT2D eigenvalue weighted by Gasteiger charge is -2.46. The lowest BCUT2D eigenvalue weighted by atomic mass is 9.85. The van der Waals surface area contributed by atoms with Gasteiger partial charge in [0.05, 0.1) is 6.61 Å². The number of piperidine rings is 1. The van der Waals surface area contributed by atoms with E-state index in [0.717, 1.165) is 22.3 Å². The van der Waals surface area contributed by atoms with Crippen molar-refractivity contribution in [1.29, 1.82) is 0 Å². The highest BCUT2D eigenvalue weighted by Gasteiger charge is 2.51. The number of carbonyl (C=O) groups excluding carboxylic acids is 2. The van der Waals surface area contributed by atoms with E-state index >= 15 is 0 Å². The summed E-state index contributed by atoms with van der Waals surface area (Å²) in [5.41, 5.74) is 1.62. The highest BCUT2D eigenvalue weighted by atomic mass is 16.5. The van der Waals surface area contributed by atoms with E-state index in [0.29, 0.717) is 19.3 Å². The fraction of sp³-hybridized carbons (Fsp3) is 0.444. The maximum Gasteiger partial charge on any atom is 0.408 e. The number of fused-ring (bicyclic) bond motifs is 3. The second-order valence-electron chi connectivity index (χ2n) is 9.76. The molecule has 2 aliphatic rings. The van der Waals surface area contributed by atoms with Gasteiger partial charge in [-0.1, -0.05) is 48.5 Å². The number of carboxylic acids is 1. The van der Waals surface area contributed by atoms with Crippen LogP contribution >= 0.6 is 0 Å². The van der Waals surface area contributed by atoms with Crippen LogP contribution in [0.2, 0.25) is 0 Å². The Morgan fingerprint density at radius 2 is 1.66 bits per heavy atom. The van der Waals surface area contributed by atoms with Crippen LogP contribution < -0.4 is 5.32 Å². The zero-order valence-electron chi connectivity index (χ0n) is 20.4. The zero-order chi connectivity index (χ0) is 25.2. The number of methoxy groups -OCH3 is 1. The largest absolute Gasteiger partial charge is 0.479 e. The van der Waals surface area contributed by atoms with E-state index in [1.54, 1.807) is 13.8 Å². The molecule has 1 heterocycles. The fourth-order valence-corrected chi connectivity index (χ4v) is 5.29. The molecule has 0 spiro atoms. The van der Waals surface area contributed by atoms with Crippen LogP contribution in [0.25, 0.3) is 11.1 Å². The first kappa shape index (κ1) is 24.7. The van der Waals surface area contributed by atoms with Crippen molar-refractivity contribution >= 4 is 18.0 Å². The van der Waals surface area contributed by atoms with E-state index < -0.39 is 29.0 Å². The number of nitrogens with zero attached hydrogens (tertiary/aromatic N) is 1. The van der Waals surface area contributed by atoms with Crippen molar-refractivity contribution in [1.82, 2.24) is 10.2 Å². The Kier molecular flexibility index (Phi) is 6.85. The number of rotatable bonds is 7. The smallest absolute Gasteiger partial charge is 0.408 e. The Bertz CT molecular complexity index is 1080. The van der Waals surface area contributed by atoms with Gasteiger partial charge in [0.25, 0.3) is 0 Å². The molecule has 0 radical (unpaired) electrons. The van der Waals surface area contributed by atoms with E-state index in [1.807, 2.05) is 36.4 Å². The molecule has 2 N–H and O–H groups in total. The van der Waals surface area contributed by atoms with Gasteiger partial charge < -0.3 is 24.8 Å². The van der Waals surface area contributed by atoms with Crippen molar-refractivity contribution < 1.29 is 29.0 Å². The first-order valence-corrected chi connectivity index (χ1v) is 11.9. The standard InChI is InChI=1S/C27H32N2O6/c1-26(2,23(30)29-15-9-8-14-27(29,17-34-3)24(31)32)28-25(33)35-16-22-20-12-6-4-10-18(20)19-11-5-7-13-21(19)22/h4-7,10-13,22H,8-9,14-17H2,1-3H3,(H,28,33)(H,31,32). The summed E-state index contributed by atoms with van der Waals surface area (Å²) in [4.78, 5) is 39.8. The Labute approximate surface area is 205 Å². The van der Waals surface area contributed by atoms with Gasteiger partial charge in [-0.2, -0.15) is 0 Å². The summed E-state index contributed by atoms with van der Waals surface area (Å²) in [6.07, 6.45) is 0.934. The molecule has 2 aromatic rings. The summed E-state index contributed by atoms with van der Waals surface area (Å²) in [6, 6.07) is 16.1. The molecule has 1 aliphatic heterocycles. The van der Waals surface area contributed by atoms with Crippen molar-refractivity contribution in [3.8, 4) is 11.1 Å². The molecule has 1 unspecified atom stereocenters. The maximum atomic E-state index is 13.5. The molecular formula is C27H32N2O6. The summed E-state index contributed by atoms with van der Waals surface area (Å²) in [5.74, 6) is -1.69. The number of alkyl carbamates (subject to hydrolysis) is 1. The zero-order valence-corrected chi connectivity index (χ0v) is 20.4. The van der Waals surface area contributed by atoms with Crippen molar-refractivity contribution in [3.05, 3.63) is 59.7 Å². The molecule has 1 saturated heterocycles. The molecule has 8 heteroatoms. The predicted octanol–water partition coefficient (Wildman–Crippen LogP) is 3.79. The van der Waals surface area contributed by atoms with Crippen molar-refractivity contribution in [2.45, 2.75) is 50.1 Å². The number of hydrogen-bond acceptors (Lipinski definition) is 5. The SMILES string of the molecule is COCC1(C(=O)O)CCCCN1C(=O)C(C)(C)NC(=O)OCC1c2ccccc2-c2ccccc21. The fourth-order valence-electron chi connectivity index (χ4n) is 5.29. The lowest BCUT2D eigenvalue weighted by molar-refractivity contribution is -0.169. The minimum Gasteiger partial charge on any atom is -0.479 e. The van der Waals surface area contributed by atoms with Crippen molar-refractivity contribution in [2.75, 3.05) is 26.9 Å². The van der Waals surface area contributed by atoms with E-state index in [2.05, 4.69) is 17.4 Å². The summed E-state index contributed by atoms with van der Waals surface area (Å²) in [6.45, 7) is 3.41. The van der Waals surface area contributed by atoms with Crippen LogP contribution in [-0.2, 0) is 19.1 Å². The van der Waals surface area contributed by atoms with Gasteiger partial charge in [-0.05, 0) is 55.4 Å². The molecule has 0 saturated carbocycles. The summed E-state index contributed by atoms with van der Waals surface area (Å²) in [5, 5.41) is 12.6. The Morgan fingerprint density at radius 1 is 1.06 bits per heavy atom. The van der Waals surface area contributed by atoms with E-state index in [-0.39, 0.29) is 25.7 Å². The number of carboxylic acid groups (broad SMARTS) is 1. The molecule has 0 aromatic heterocycles. The third-order valence-corrected chi connectivity index (χ3v) is 7.06. The van der Waals surface area contributed by atoms with Crippen LogP contribution in [0.4, 0.5) is 4.79 Å². The molecule has 1 fully saturated rings. The number of benzene rings is 2. The van der Waals surface area contributed by atoms with Gasteiger partial charge >= 0.3 is 12.1 Å². The first-order chi connectivity index (χ1) is 16.7. The van der Waals surface area contributed by atoms with Crippen LogP contribution in [0.5, 0.6) is 0 Å². The molecular weight excluding hydrogens is 448 g/mol. The molecule has 2 amide bonds. The molecule has 35 heavy (non-hydrogen) atoms. The summed E-state index contributed by atoms with van der Waals surface area (Å²) < 4.78 is 10.8. The topological polar surface area (TPSA) is 105 Å². The first-order valence-electron chi connectivity index (χ1n) is 11.9. The molecule has 1 atom stereocenters. The average molecular weight is 481 g/mol. The molecule has 186 valence electrons.